The van der Waals surface area contributed by atoms with Gasteiger partial charge in [0, 0.05) is 11.6 Å². The van der Waals surface area contributed by atoms with E-state index >= 15 is 0 Å². The van der Waals surface area contributed by atoms with Crippen molar-refractivity contribution < 1.29 is 43.2 Å². The van der Waals surface area contributed by atoms with Crippen LogP contribution in [-0.2, 0) is 28.5 Å². The summed E-state index contributed by atoms with van der Waals surface area (Å²) in [7, 11) is 0. The van der Waals surface area contributed by atoms with E-state index in [9.17, 15) is 24.3 Å². The number of hydrogen-bond donors (Lipinski definition) is 1. The van der Waals surface area contributed by atoms with Crippen molar-refractivity contribution in [1.29, 1.82) is 0 Å². The summed E-state index contributed by atoms with van der Waals surface area (Å²) in [5.41, 5.74) is 0.698. The van der Waals surface area contributed by atoms with Crippen LogP contribution in [0.15, 0.2) is 43.0 Å². The Hall–Kier alpha value is -3.62. The summed E-state index contributed by atoms with van der Waals surface area (Å²) < 4.78 is 22.3. The van der Waals surface area contributed by atoms with Gasteiger partial charge in [-0.15, -0.1) is 0 Å². The van der Waals surface area contributed by atoms with Crippen molar-refractivity contribution in [3.05, 3.63) is 54.1 Å². The minimum atomic E-state index is -0.557. The number of carbonyl (C=O) groups is 4. The van der Waals surface area contributed by atoms with Crippen molar-refractivity contribution in [2.45, 2.75) is 58.3 Å². The first-order valence-corrected chi connectivity index (χ1v) is 17.9. The van der Waals surface area contributed by atoms with Crippen LogP contribution in [0.5, 0.6) is 5.75 Å². The maximum Gasteiger partial charge on any atom is 0.338 e. The number of rotatable bonds is 12. The molecular weight excluding hydrogens is 612 g/mol. The number of fused-ring (bicyclic) bond motifs is 10. The standard InChI is InChI=1S/C39H48O9/c1-4-36(41)45-16-21-5-30-24-10-28(33(15-24)34(30)7-21)19-48-39(44)26-11-25(12-29(40)13-26)38(43)46-17-22-6-31-23-9-27(18-47-37(42)20(2)3)32(14-23)35(31)8-22/h4,11-13,21-24,27-28,30-35,40H,1-2,5-10,14-19H2,3H3/t21?,22?,23?,24?,27?,28?,30-,31?,32?,33?,34?,35?/m1/s1. The van der Waals surface area contributed by atoms with Gasteiger partial charge in [0.05, 0.1) is 37.6 Å². The van der Waals surface area contributed by atoms with Gasteiger partial charge in [-0.25, -0.2) is 19.2 Å². The van der Waals surface area contributed by atoms with Crippen molar-refractivity contribution in [1.82, 2.24) is 0 Å². The molecule has 6 aliphatic carbocycles. The van der Waals surface area contributed by atoms with Gasteiger partial charge in [0.25, 0.3) is 0 Å². The first-order valence-electron chi connectivity index (χ1n) is 17.9. The summed E-state index contributed by atoms with van der Waals surface area (Å²) in [6.07, 6.45) is 9.83. The van der Waals surface area contributed by atoms with Crippen molar-refractivity contribution in [3.63, 3.8) is 0 Å². The van der Waals surface area contributed by atoms with Gasteiger partial charge in [0.1, 0.15) is 5.75 Å². The zero-order valence-corrected chi connectivity index (χ0v) is 27.9. The summed E-state index contributed by atoms with van der Waals surface area (Å²) in [5.74, 6) is 4.07. The van der Waals surface area contributed by atoms with Crippen LogP contribution in [0, 0.1) is 71.0 Å². The molecule has 6 aliphatic rings. The second-order valence-electron chi connectivity index (χ2n) is 15.8. The molecular formula is C39H48O9. The Morgan fingerprint density at radius 2 is 1.15 bits per heavy atom. The number of hydrogen-bond acceptors (Lipinski definition) is 9. The molecule has 9 nitrogen and oxygen atoms in total. The number of ether oxygens (including phenoxy) is 4. The molecule has 6 fully saturated rings. The molecule has 0 heterocycles. The highest BCUT2D eigenvalue weighted by atomic mass is 16.5. The van der Waals surface area contributed by atoms with Crippen molar-refractivity contribution in [2.24, 2.45) is 71.0 Å². The minimum absolute atomic E-state index is 0.136. The van der Waals surface area contributed by atoms with Crippen molar-refractivity contribution >= 4 is 23.9 Å². The van der Waals surface area contributed by atoms with E-state index in [1.165, 1.54) is 30.7 Å². The van der Waals surface area contributed by atoms with Gasteiger partial charge >= 0.3 is 23.9 Å². The molecule has 0 amide bonds. The van der Waals surface area contributed by atoms with Crippen molar-refractivity contribution in [3.8, 4) is 5.75 Å². The molecule has 48 heavy (non-hydrogen) atoms. The van der Waals surface area contributed by atoms with Crippen LogP contribution in [0.1, 0.15) is 79.0 Å². The van der Waals surface area contributed by atoms with E-state index in [1.54, 1.807) is 6.92 Å². The number of benzene rings is 1. The normalized spacial score (nSPS) is 36.7. The van der Waals surface area contributed by atoms with E-state index in [2.05, 4.69) is 13.2 Å². The number of phenols is 1. The second-order valence-corrected chi connectivity index (χ2v) is 15.8. The fourth-order valence-electron chi connectivity index (χ4n) is 11.3. The van der Waals surface area contributed by atoms with Crippen LogP contribution in [0.3, 0.4) is 0 Å². The minimum Gasteiger partial charge on any atom is -0.508 e. The molecule has 4 bridgehead atoms. The lowest BCUT2D eigenvalue weighted by atomic mass is 9.76. The van der Waals surface area contributed by atoms with Crippen LogP contribution in [0.2, 0.25) is 0 Å². The average Bonchev–Trinajstić information content (AvgIpc) is 3.91. The molecule has 0 aromatic heterocycles. The third-order valence-electron chi connectivity index (χ3n) is 13.1. The average molecular weight is 661 g/mol. The fourth-order valence-corrected chi connectivity index (χ4v) is 11.3. The largest absolute Gasteiger partial charge is 0.508 e. The van der Waals surface area contributed by atoms with E-state index in [0.29, 0.717) is 97.1 Å². The highest BCUT2D eigenvalue weighted by Crippen LogP contribution is 2.63. The highest BCUT2D eigenvalue weighted by molar-refractivity contribution is 5.96. The topological polar surface area (TPSA) is 125 Å². The van der Waals surface area contributed by atoms with E-state index in [4.69, 9.17) is 18.9 Å². The predicted octanol–water partition coefficient (Wildman–Crippen LogP) is 6.15. The molecule has 1 aromatic rings. The molecule has 0 saturated heterocycles. The zero-order valence-electron chi connectivity index (χ0n) is 27.9. The molecule has 9 heteroatoms. The van der Waals surface area contributed by atoms with Crippen LogP contribution in [-0.4, -0.2) is 55.4 Å². The lowest BCUT2D eigenvalue weighted by Crippen LogP contribution is -2.28. The maximum atomic E-state index is 13.1. The first kappa shape index (κ1) is 32.9. The molecule has 1 aromatic carbocycles. The molecule has 6 saturated carbocycles. The van der Waals surface area contributed by atoms with Crippen LogP contribution in [0.4, 0.5) is 0 Å². The van der Waals surface area contributed by atoms with E-state index in [0.717, 1.165) is 44.9 Å². The Balaban J connectivity index is 0.876. The Kier molecular flexibility index (Phi) is 9.16. The Labute approximate surface area is 282 Å². The van der Waals surface area contributed by atoms with Gasteiger partial charge in [-0.1, -0.05) is 13.2 Å². The summed E-state index contributed by atoms with van der Waals surface area (Å²) in [6.45, 7) is 10.3. The third-order valence-corrected chi connectivity index (χ3v) is 13.1. The lowest BCUT2D eigenvalue weighted by Gasteiger charge is -2.31. The number of aromatic hydroxyl groups is 1. The van der Waals surface area contributed by atoms with Crippen LogP contribution < -0.4 is 0 Å². The summed E-state index contributed by atoms with van der Waals surface area (Å²) in [4.78, 5) is 49.6. The molecule has 1 N–H and O–H groups in total. The molecule has 12 atom stereocenters. The van der Waals surface area contributed by atoms with E-state index < -0.39 is 11.9 Å². The van der Waals surface area contributed by atoms with E-state index in [1.807, 2.05) is 0 Å². The summed E-state index contributed by atoms with van der Waals surface area (Å²) >= 11 is 0. The summed E-state index contributed by atoms with van der Waals surface area (Å²) in [6, 6.07) is 4.12. The zero-order chi connectivity index (χ0) is 33.7. The number of esters is 4. The van der Waals surface area contributed by atoms with Crippen LogP contribution in [0.25, 0.3) is 0 Å². The monoisotopic (exact) mass is 660 g/mol. The first-order chi connectivity index (χ1) is 23.1. The quantitative estimate of drug-likeness (QED) is 0.160. The van der Waals surface area contributed by atoms with Crippen molar-refractivity contribution in [2.75, 3.05) is 26.4 Å². The molecule has 0 radical (unpaired) electrons. The van der Waals surface area contributed by atoms with Gasteiger partial charge in [-0.05, 0) is 148 Å². The SMILES string of the molecule is C=CC(=O)OCC1CC2C3CC(CC3COC(=O)c3cc(O)cc(C(=O)OCC4CC5C6CC(COC(=O)C(=C)C)C(C6)C5C4)c3)[C@H]2C1. The Bertz CT molecular complexity index is 1480. The molecule has 11 unspecified atom stereocenters. The van der Waals surface area contributed by atoms with E-state index in [-0.39, 0.29) is 34.7 Å². The Morgan fingerprint density at radius 1 is 0.667 bits per heavy atom. The second kappa shape index (κ2) is 13.4. The molecule has 0 aliphatic heterocycles. The molecule has 7 rings (SSSR count). The molecule has 0 spiro atoms. The van der Waals surface area contributed by atoms with Gasteiger partial charge < -0.3 is 24.1 Å². The fraction of sp³-hybridized carbons (Fsp3) is 0.641. The Morgan fingerprint density at radius 3 is 1.67 bits per heavy atom. The molecule has 258 valence electrons. The smallest absolute Gasteiger partial charge is 0.338 e. The van der Waals surface area contributed by atoms with Gasteiger partial charge in [-0.2, -0.15) is 0 Å². The third kappa shape index (κ3) is 6.41. The highest BCUT2D eigenvalue weighted by Gasteiger charge is 2.57. The van der Waals surface area contributed by atoms with Gasteiger partial charge in [0.15, 0.2) is 0 Å². The van der Waals surface area contributed by atoms with Gasteiger partial charge in [-0.3, -0.25) is 0 Å². The van der Waals surface area contributed by atoms with Crippen LogP contribution >= 0.6 is 0 Å². The maximum absolute atomic E-state index is 13.1. The lowest BCUT2D eigenvalue weighted by molar-refractivity contribution is -0.141. The number of phenolic OH excluding ortho intramolecular Hbond substituents is 1. The number of carbonyl (C=O) groups excluding carboxylic acids is 4. The summed E-state index contributed by atoms with van der Waals surface area (Å²) in [5, 5.41) is 10.4. The predicted molar refractivity (Wildman–Crippen MR) is 174 cm³/mol. The van der Waals surface area contributed by atoms with Gasteiger partial charge in [0.2, 0.25) is 0 Å².